The predicted octanol–water partition coefficient (Wildman–Crippen LogP) is 2.77. The van der Waals surface area contributed by atoms with Gasteiger partial charge in [0.25, 0.3) is 0 Å². The lowest BCUT2D eigenvalue weighted by atomic mass is 9.96. The van der Waals surface area contributed by atoms with E-state index in [1.165, 1.54) is 11.1 Å². The first-order valence-corrected chi connectivity index (χ1v) is 8.70. The van der Waals surface area contributed by atoms with Gasteiger partial charge in [0.15, 0.2) is 0 Å². The van der Waals surface area contributed by atoms with Gasteiger partial charge in [0.2, 0.25) is 0 Å². The molecular weight excluding hydrogens is 290 g/mol. The van der Waals surface area contributed by atoms with Gasteiger partial charge in [-0.3, -0.25) is 9.45 Å². The van der Waals surface area contributed by atoms with Crippen molar-refractivity contribution in [2.45, 2.75) is 51.8 Å². The van der Waals surface area contributed by atoms with Crippen molar-refractivity contribution in [1.82, 2.24) is 4.90 Å². The van der Waals surface area contributed by atoms with Crippen LogP contribution >= 0.6 is 0 Å². The molecule has 0 saturated carbocycles. The predicted molar refractivity (Wildman–Crippen MR) is 81.1 cm³/mol. The molecule has 1 atom stereocenters. The minimum absolute atomic E-state index is 0.561. The fraction of sp³-hybridized carbons (Fsp3) is 0.600. The molecule has 1 N–H and O–H groups in total. The van der Waals surface area contributed by atoms with Gasteiger partial charge in [-0.2, -0.15) is 8.42 Å². The third-order valence-corrected chi connectivity index (χ3v) is 4.65. The van der Waals surface area contributed by atoms with Crippen LogP contribution in [0.15, 0.2) is 24.3 Å². The van der Waals surface area contributed by atoms with Crippen LogP contribution in [0.5, 0.6) is 0 Å². The number of hydrogen-bond donors (Lipinski definition) is 1. The molecule has 1 aliphatic heterocycles. The Hall–Kier alpha value is -0.950. The average Bonchev–Trinajstić information content (AvgIpc) is 2.43. The van der Waals surface area contributed by atoms with Gasteiger partial charge in [0.05, 0.1) is 0 Å². The highest BCUT2D eigenvalue weighted by atomic mass is 32.3. The van der Waals surface area contributed by atoms with Crippen molar-refractivity contribution in [3.05, 3.63) is 35.4 Å². The standard InChI is InChI=1S/C15H23NO4S/c1-3-4-10-15(2,20-21(17,18)19)16-11-9-13-7-5-6-8-14(13)12-16/h5-8H,3-4,9-12H2,1-2H3,(H,17,18,19). The Morgan fingerprint density at radius 2 is 2.00 bits per heavy atom. The fourth-order valence-electron chi connectivity index (χ4n) is 2.88. The molecule has 1 heterocycles. The van der Waals surface area contributed by atoms with Gasteiger partial charge in [0.1, 0.15) is 5.72 Å². The van der Waals surface area contributed by atoms with Crippen LogP contribution in [-0.2, 0) is 27.5 Å². The summed E-state index contributed by atoms with van der Waals surface area (Å²) < 4.78 is 36.5. The van der Waals surface area contributed by atoms with Crippen LogP contribution in [0.3, 0.4) is 0 Å². The van der Waals surface area contributed by atoms with Crippen LogP contribution in [0, 0.1) is 0 Å². The summed E-state index contributed by atoms with van der Waals surface area (Å²) in [5.74, 6) is 0. The van der Waals surface area contributed by atoms with Gasteiger partial charge in [-0.15, -0.1) is 0 Å². The van der Waals surface area contributed by atoms with E-state index in [0.29, 0.717) is 19.5 Å². The molecule has 0 bridgehead atoms. The van der Waals surface area contributed by atoms with Crippen LogP contribution in [0.4, 0.5) is 0 Å². The number of hydrogen-bond acceptors (Lipinski definition) is 4. The molecular formula is C15H23NO4S. The summed E-state index contributed by atoms with van der Waals surface area (Å²) in [6.07, 6.45) is 3.19. The zero-order valence-electron chi connectivity index (χ0n) is 12.6. The lowest BCUT2D eigenvalue weighted by Crippen LogP contribution is -2.51. The van der Waals surface area contributed by atoms with Gasteiger partial charge in [0, 0.05) is 13.1 Å². The van der Waals surface area contributed by atoms with E-state index in [-0.39, 0.29) is 0 Å². The number of nitrogens with zero attached hydrogens (tertiary/aromatic N) is 1. The van der Waals surface area contributed by atoms with Gasteiger partial charge in [-0.25, -0.2) is 4.18 Å². The van der Waals surface area contributed by atoms with Crippen LogP contribution < -0.4 is 0 Å². The molecule has 1 aromatic rings. The molecule has 21 heavy (non-hydrogen) atoms. The molecule has 5 nitrogen and oxygen atoms in total. The molecule has 2 rings (SSSR count). The molecule has 0 radical (unpaired) electrons. The molecule has 1 aliphatic rings. The number of rotatable bonds is 6. The largest absolute Gasteiger partial charge is 0.399 e. The van der Waals surface area contributed by atoms with Crippen LogP contribution in [0.2, 0.25) is 0 Å². The summed E-state index contributed by atoms with van der Waals surface area (Å²) in [5, 5.41) is 0. The van der Waals surface area contributed by atoms with E-state index in [4.69, 9.17) is 8.74 Å². The highest BCUT2D eigenvalue weighted by Crippen LogP contribution is 2.31. The smallest absolute Gasteiger partial charge is 0.270 e. The Morgan fingerprint density at radius 1 is 1.33 bits per heavy atom. The van der Waals surface area contributed by atoms with E-state index in [9.17, 15) is 8.42 Å². The van der Waals surface area contributed by atoms with Crippen molar-refractivity contribution >= 4 is 10.4 Å². The highest BCUT2D eigenvalue weighted by Gasteiger charge is 2.38. The van der Waals surface area contributed by atoms with Crippen LogP contribution in [-0.4, -0.2) is 30.1 Å². The molecule has 0 fully saturated rings. The number of benzene rings is 1. The van der Waals surface area contributed by atoms with Gasteiger partial charge in [-0.05, 0) is 37.3 Å². The molecule has 6 heteroatoms. The number of fused-ring (bicyclic) bond motifs is 1. The Bertz CT molecular complexity index is 587. The quantitative estimate of drug-likeness (QED) is 0.818. The summed E-state index contributed by atoms with van der Waals surface area (Å²) in [7, 11) is -4.48. The summed E-state index contributed by atoms with van der Waals surface area (Å²) >= 11 is 0. The second-order valence-electron chi connectivity index (χ2n) is 5.73. The number of unbranched alkanes of at least 4 members (excludes halogenated alkanes) is 1. The summed E-state index contributed by atoms with van der Waals surface area (Å²) in [4.78, 5) is 2.00. The minimum Gasteiger partial charge on any atom is -0.270 e. The van der Waals surface area contributed by atoms with E-state index in [1.807, 2.05) is 24.0 Å². The summed E-state index contributed by atoms with van der Waals surface area (Å²) in [5.41, 5.74) is 1.47. The molecule has 0 amide bonds. The van der Waals surface area contributed by atoms with Gasteiger partial charge < -0.3 is 0 Å². The first kappa shape index (κ1) is 16.4. The summed E-state index contributed by atoms with van der Waals surface area (Å²) in [6.45, 7) is 5.13. The molecule has 0 spiro atoms. The maximum Gasteiger partial charge on any atom is 0.399 e. The van der Waals surface area contributed by atoms with E-state index in [2.05, 4.69) is 12.1 Å². The third-order valence-electron chi connectivity index (χ3n) is 4.08. The van der Waals surface area contributed by atoms with Crippen molar-refractivity contribution in [2.75, 3.05) is 6.54 Å². The third kappa shape index (κ3) is 4.26. The van der Waals surface area contributed by atoms with E-state index in [0.717, 1.165) is 19.3 Å². The molecule has 0 aliphatic carbocycles. The van der Waals surface area contributed by atoms with E-state index >= 15 is 0 Å². The molecule has 1 unspecified atom stereocenters. The summed E-state index contributed by atoms with van der Waals surface area (Å²) in [6, 6.07) is 8.14. The Labute approximate surface area is 126 Å². The van der Waals surface area contributed by atoms with E-state index in [1.54, 1.807) is 6.92 Å². The van der Waals surface area contributed by atoms with Crippen molar-refractivity contribution in [1.29, 1.82) is 0 Å². The normalized spacial score (nSPS) is 19.0. The van der Waals surface area contributed by atoms with Crippen molar-refractivity contribution in [3.63, 3.8) is 0 Å². The van der Waals surface area contributed by atoms with Gasteiger partial charge in [-0.1, -0.05) is 37.6 Å². The molecule has 1 aromatic carbocycles. The second-order valence-corrected chi connectivity index (χ2v) is 6.75. The first-order chi connectivity index (χ1) is 9.84. The Balaban J connectivity index is 2.22. The highest BCUT2D eigenvalue weighted by molar-refractivity contribution is 7.80. The molecule has 118 valence electrons. The SMILES string of the molecule is CCCCC(C)(OS(=O)(=O)O)N1CCc2ccccc2C1. The molecule has 0 saturated heterocycles. The zero-order valence-corrected chi connectivity index (χ0v) is 13.4. The van der Waals surface area contributed by atoms with Crippen molar-refractivity contribution in [2.24, 2.45) is 0 Å². The van der Waals surface area contributed by atoms with Crippen LogP contribution in [0.1, 0.15) is 44.2 Å². The van der Waals surface area contributed by atoms with Crippen molar-refractivity contribution in [3.8, 4) is 0 Å². The maximum atomic E-state index is 11.2. The Morgan fingerprint density at radius 3 is 2.62 bits per heavy atom. The zero-order chi connectivity index (χ0) is 15.5. The minimum atomic E-state index is -4.48. The second kappa shape index (κ2) is 6.44. The van der Waals surface area contributed by atoms with Gasteiger partial charge >= 0.3 is 10.4 Å². The van der Waals surface area contributed by atoms with Crippen LogP contribution in [0.25, 0.3) is 0 Å². The fourth-order valence-corrected chi connectivity index (χ4v) is 3.53. The van der Waals surface area contributed by atoms with E-state index < -0.39 is 16.1 Å². The lowest BCUT2D eigenvalue weighted by Gasteiger charge is -2.42. The van der Waals surface area contributed by atoms with Crippen molar-refractivity contribution < 1.29 is 17.2 Å². The first-order valence-electron chi connectivity index (χ1n) is 7.34. The molecule has 0 aromatic heterocycles. The average molecular weight is 313 g/mol. The lowest BCUT2D eigenvalue weighted by molar-refractivity contribution is -0.0877. The topological polar surface area (TPSA) is 66.8 Å². The maximum absolute atomic E-state index is 11.2. The monoisotopic (exact) mass is 313 g/mol. The Kier molecular flexibility index (Phi) is 5.03.